The summed E-state index contributed by atoms with van der Waals surface area (Å²) in [6, 6.07) is 4.66. The average Bonchev–Trinajstić information content (AvgIpc) is 2.64. The van der Waals surface area contributed by atoms with Crippen LogP contribution in [0.15, 0.2) is 24.3 Å². The number of piperazine rings is 1. The van der Waals surface area contributed by atoms with Crippen LogP contribution in [0.25, 0.3) is 0 Å². The lowest BCUT2D eigenvalue weighted by molar-refractivity contribution is -0.129. The van der Waals surface area contributed by atoms with E-state index in [1.807, 2.05) is 4.90 Å². The molecule has 142 valence electrons. The number of carbonyl (C=O) groups is 2. The van der Waals surface area contributed by atoms with Crippen molar-refractivity contribution in [3.63, 3.8) is 0 Å². The van der Waals surface area contributed by atoms with E-state index < -0.39 is 17.5 Å². The van der Waals surface area contributed by atoms with Crippen LogP contribution in [-0.4, -0.2) is 52.9 Å². The van der Waals surface area contributed by atoms with Crippen molar-refractivity contribution in [3.8, 4) is 0 Å². The fourth-order valence-corrected chi connectivity index (χ4v) is 2.85. The maximum atomic E-state index is 13.3. The third kappa shape index (κ3) is 4.36. The Morgan fingerprint density at radius 2 is 1.74 bits per heavy atom. The van der Waals surface area contributed by atoms with E-state index in [9.17, 15) is 18.4 Å². The Bertz CT molecular complexity index is 882. The van der Waals surface area contributed by atoms with Gasteiger partial charge in [-0.3, -0.25) is 9.59 Å². The predicted molar refractivity (Wildman–Crippen MR) is 95.5 cm³/mol. The Balaban J connectivity index is 1.75. The third-order valence-electron chi connectivity index (χ3n) is 4.28. The van der Waals surface area contributed by atoms with Gasteiger partial charge in [0.1, 0.15) is 17.3 Å². The molecule has 7 nitrogen and oxygen atoms in total. The standard InChI is InChI=1S/C18H19F2N5O2/c1-11-21-16(18(27)23-13-3-4-14(19)15(20)9-13)10-17(22-11)25-7-5-24(6-8-25)12(2)26/h3-4,9-10H,5-8H2,1-2H3,(H,23,27). The molecular formula is C18H19F2N5O2. The molecular weight excluding hydrogens is 356 g/mol. The second-order valence-electron chi connectivity index (χ2n) is 6.23. The van der Waals surface area contributed by atoms with E-state index in [4.69, 9.17) is 0 Å². The molecule has 0 bridgehead atoms. The van der Waals surface area contributed by atoms with Gasteiger partial charge in [-0.1, -0.05) is 0 Å². The molecule has 1 aliphatic heterocycles. The average molecular weight is 375 g/mol. The maximum Gasteiger partial charge on any atom is 0.274 e. The normalized spacial score (nSPS) is 14.2. The summed E-state index contributed by atoms with van der Waals surface area (Å²) in [5.41, 5.74) is 0.253. The Kier molecular flexibility index (Phi) is 5.29. The van der Waals surface area contributed by atoms with Gasteiger partial charge in [-0.05, 0) is 19.1 Å². The number of nitrogens with one attached hydrogen (secondary N) is 1. The summed E-state index contributed by atoms with van der Waals surface area (Å²) < 4.78 is 26.3. The first-order chi connectivity index (χ1) is 12.8. The molecule has 0 unspecified atom stereocenters. The van der Waals surface area contributed by atoms with E-state index in [0.29, 0.717) is 37.8 Å². The first-order valence-electron chi connectivity index (χ1n) is 8.46. The summed E-state index contributed by atoms with van der Waals surface area (Å²) in [5.74, 6) is -1.55. The molecule has 1 aromatic carbocycles. The van der Waals surface area contributed by atoms with Crippen molar-refractivity contribution in [2.24, 2.45) is 0 Å². The van der Waals surface area contributed by atoms with E-state index in [2.05, 4.69) is 15.3 Å². The van der Waals surface area contributed by atoms with Crippen molar-refractivity contribution >= 4 is 23.3 Å². The number of nitrogens with zero attached hydrogens (tertiary/aromatic N) is 4. The van der Waals surface area contributed by atoms with Crippen LogP contribution >= 0.6 is 0 Å². The summed E-state index contributed by atoms with van der Waals surface area (Å²) in [6.07, 6.45) is 0. The number of hydrogen-bond acceptors (Lipinski definition) is 5. The molecule has 1 saturated heterocycles. The number of rotatable bonds is 3. The smallest absolute Gasteiger partial charge is 0.274 e. The van der Waals surface area contributed by atoms with Crippen LogP contribution in [0, 0.1) is 18.6 Å². The second kappa shape index (κ2) is 7.65. The molecule has 0 spiro atoms. The number of benzene rings is 1. The number of halogens is 2. The van der Waals surface area contributed by atoms with Crippen molar-refractivity contribution in [1.82, 2.24) is 14.9 Å². The molecule has 27 heavy (non-hydrogen) atoms. The van der Waals surface area contributed by atoms with Crippen LogP contribution in [0.5, 0.6) is 0 Å². The van der Waals surface area contributed by atoms with E-state index in [1.54, 1.807) is 17.9 Å². The third-order valence-corrected chi connectivity index (χ3v) is 4.28. The van der Waals surface area contributed by atoms with Gasteiger partial charge in [0.25, 0.3) is 5.91 Å². The van der Waals surface area contributed by atoms with Crippen LogP contribution in [0.2, 0.25) is 0 Å². The SMILES string of the molecule is CC(=O)N1CCN(c2cc(C(=O)Nc3ccc(F)c(F)c3)nc(C)n2)CC1. The summed E-state index contributed by atoms with van der Waals surface area (Å²) in [6.45, 7) is 5.55. The number of amides is 2. The van der Waals surface area contributed by atoms with Crippen LogP contribution in [0.1, 0.15) is 23.2 Å². The molecule has 0 aliphatic carbocycles. The summed E-state index contributed by atoms with van der Waals surface area (Å²) in [5, 5.41) is 2.50. The number of carbonyl (C=O) groups excluding carboxylic acids is 2. The maximum absolute atomic E-state index is 13.3. The summed E-state index contributed by atoms with van der Waals surface area (Å²) in [7, 11) is 0. The molecule has 0 atom stereocenters. The Labute approximate surface area is 155 Å². The number of aryl methyl sites for hydroxylation is 1. The highest BCUT2D eigenvalue weighted by atomic mass is 19.2. The lowest BCUT2D eigenvalue weighted by atomic mass is 10.2. The highest BCUT2D eigenvalue weighted by Crippen LogP contribution is 2.18. The molecule has 0 saturated carbocycles. The molecule has 2 aromatic rings. The van der Waals surface area contributed by atoms with E-state index >= 15 is 0 Å². The van der Waals surface area contributed by atoms with Gasteiger partial charge in [-0.2, -0.15) is 0 Å². The Hall–Kier alpha value is -3.10. The zero-order valence-electron chi connectivity index (χ0n) is 15.0. The van der Waals surface area contributed by atoms with Crippen LogP contribution < -0.4 is 10.2 Å². The minimum atomic E-state index is -1.05. The Morgan fingerprint density at radius 1 is 1.04 bits per heavy atom. The van der Waals surface area contributed by atoms with Gasteiger partial charge >= 0.3 is 0 Å². The fraction of sp³-hybridized carbons (Fsp3) is 0.333. The van der Waals surface area contributed by atoms with Crippen LogP contribution in [0.3, 0.4) is 0 Å². The summed E-state index contributed by atoms with van der Waals surface area (Å²) in [4.78, 5) is 36.1. The van der Waals surface area contributed by atoms with Crippen LogP contribution in [0.4, 0.5) is 20.3 Å². The van der Waals surface area contributed by atoms with Gasteiger partial charge < -0.3 is 15.1 Å². The number of anilines is 2. The van der Waals surface area contributed by atoms with Crippen molar-refractivity contribution in [3.05, 3.63) is 47.4 Å². The van der Waals surface area contributed by atoms with E-state index in [1.165, 1.54) is 13.0 Å². The largest absolute Gasteiger partial charge is 0.353 e. The lowest BCUT2D eigenvalue weighted by Gasteiger charge is -2.35. The molecule has 1 aromatic heterocycles. The molecule has 1 N–H and O–H groups in total. The van der Waals surface area contributed by atoms with Gasteiger partial charge in [-0.15, -0.1) is 0 Å². The molecule has 0 radical (unpaired) electrons. The number of aromatic nitrogens is 2. The monoisotopic (exact) mass is 375 g/mol. The molecule has 2 heterocycles. The highest BCUT2D eigenvalue weighted by molar-refractivity contribution is 6.03. The van der Waals surface area contributed by atoms with E-state index in [-0.39, 0.29) is 17.3 Å². The van der Waals surface area contributed by atoms with Gasteiger partial charge in [0.15, 0.2) is 11.6 Å². The molecule has 3 rings (SSSR count). The van der Waals surface area contributed by atoms with E-state index in [0.717, 1.165) is 12.1 Å². The first-order valence-corrected chi connectivity index (χ1v) is 8.46. The van der Waals surface area contributed by atoms with Crippen LogP contribution in [-0.2, 0) is 4.79 Å². The first kappa shape index (κ1) is 18.7. The predicted octanol–water partition coefficient (Wildman–Crippen LogP) is 1.98. The van der Waals surface area contributed by atoms with Gasteiger partial charge in [0.05, 0.1) is 0 Å². The molecule has 1 fully saturated rings. The van der Waals surface area contributed by atoms with Crippen molar-refractivity contribution in [2.75, 3.05) is 36.4 Å². The van der Waals surface area contributed by atoms with Gasteiger partial charge in [0.2, 0.25) is 5.91 Å². The topological polar surface area (TPSA) is 78.4 Å². The lowest BCUT2D eigenvalue weighted by Crippen LogP contribution is -2.48. The van der Waals surface area contributed by atoms with Crippen molar-refractivity contribution in [2.45, 2.75) is 13.8 Å². The zero-order chi connectivity index (χ0) is 19.6. The second-order valence-corrected chi connectivity index (χ2v) is 6.23. The minimum absolute atomic E-state index is 0.0279. The molecule has 1 aliphatic rings. The van der Waals surface area contributed by atoms with Crippen molar-refractivity contribution < 1.29 is 18.4 Å². The number of hydrogen-bond donors (Lipinski definition) is 1. The van der Waals surface area contributed by atoms with Gasteiger partial charge in [-0.25, -0.2) is 18.7 Å². The Morgan fingerprint density at radius 3 is 2.37 bits per heavy atom. The van der Waals surface area contributed by atoms with Crippen molar-refractivity contribution in [1.29, 1.82) is 0 Å². The molecule has 2 amide bonds. The quantitative estimate of drug-likeness (QED) is 0.888. The highest BCUT2D eigenvalue weighted by Gasteiger charge is 2.21. The zero-order valence-corrected chi connectivity index (χ0v) is 15.0. The summed E-state index contributed by atoms with van der Waals surface area (Å²) >= 11 is 0. The fourth-order valence-electron chi connectivity index (χ4n) is 2.85. The molecule has 9 heteroatoms. The minimum Gasteiger partial charge on any atom is -0.353 e. The van der Waals surface area contributed by atoms with Gasteiger partial charge in [0, 0.05) is 50.9 Å².